The molecule has 0 fully saturated rings. The van der Waals surface area contributed by atoms with Gasteiger partial charge in [0.05, 0.1) is 12.7 Å². The molecule has 0 aliphatic carbocycles. The number of esters is 1. The van der Waals surface area contributed by atoms with E-state index in [1.807, 2.05) is 18.2 Å². The summed E-state index contributed by atoms with van der Waals surface area (Å²) in [6, 6.07) is 12.2. The standard InChI is InChI=1S/C20H26O2/c1-3-4-5-6-7-8-10-16-13-14-18-17(15-16)11-9-12-19(18)20(21)22-2/h9,11-15H,3-8,10H2,1-2H3. The van der Waals surface area contributed by atoms with Gasteiger partial charge < -0.3 is 4.74 Å². The Bertz CT molecular complexity index is 616. The summed E-state index contributed by atoms with van der Waals surface area (Å²) in [6.07, 6.45) is 9.01. The molecule has 0 aliphatic heterocycles. The van der Waals surface area contributed by atoms with Gasteiger partial charge in [-0.3, -0.25) is 0 Å². The predicted molar refractivity (Wildman–Crippen MR) is 92.4 cm³/mol. The number of carbonyl (C=O) groups excluding carboxylic acids is 1. The van der Waals surface area contributed by atoms with Crippen LogP contribution in [-0.2, 0) is 11.2 Å². The van der Waals surface area contributed by atoms with E-state index in [1.165, 1.54) is 51.2 Å². The summed E-state index contributed by atoms with van der Waals surface area (Å²) in [5, 5.41) is 2.09. The maximum absolute atomic E-state index is 11.8. The van der Waals surface area contributed by atoms with Gasteiger partial charge in [-0.1, -0.05) is 69.4 Å². The molecular weight excluding hydrogens is 272 g/mol. The third-order valence-corrected chi connectivity index (χ3v) is 4.17. The van der Waals surface area contributed by atoms with E-state index >= 15 is 0 Å². The molecule has 2 rings (SSSR count). The number of benzene rings is 2. The van der Waals surface area contributed by atoms with Gasteiger partial charge in [-0.25, -0.2) is 4.79 Å². The van der Waals surface area contributed by atoms with Gasteiger partial charge in [0.1, 0.15) is 0 Å². The molecule has 0 aliphatic rings. The highest BCUT2D eigenvalue weighted by atomic mass is 16.5. The van der Waals surface area contributed by atoms with Crippen molar-refractivity contribution in [1.82, 2.24) is 0 Å². The van der Waals surface area contributed by atoms with Crippen molar-refractivity contribution in [3.05, 3.63) is 47.5 Å². The van der Waals surface area contributed by atoms with Crippen LogP contribution in [0.4, 0.5) is 0 Å². The van der Waals surface area contributed by atoms with E-state index in [2.05, 4.69) is 25.1 Å². The van der Waals surface area contributed by atoms with E-state index in [9.17, 15) is 4.79 Å². The smallest absolute Gasteiger partial charge is 0.338 e. The highest BCUT2D eigenvalue weighted by Gasteiger charge is 2.09. The first-order valence-electron chi connectivity index (χ1n) is 8.36. The van der Waals surface area contributed by atoms with Crippen LogP contribution in [0.5, 0.6) is 0 Å². The Kier molecular flexibility index (Phi) is 6.45. The molecule has 118 valence electrons. The van der Waals surface area contributed by atoms with E-state index in [-0.39, 0.29) is 5.97 Å². The number of methoxy groups -OCH3 is 1. The number of unbranched alkanes of at least 4 members (excludes halogenated alkanes) is 5. The van der Waals surface area contributed by atoms with Crippen molar-refractivity contribution in [2.45, 2.75) is 51.9 Å². The van der Waals surface area contributed by atoms with Crippen LogP contribution >= 0.6 is 0 Å². The third-order valence-electron chi connectivity index (χ3n) is 4.17. The van der Waals surface area contributed by atoms with Crippen molar-refractivity contribution in [1.29, 1.82) is 0 Å². The molecule has 0 saturated carbocycles. The van der Waals surface area contributed by atoms with Gasteiger partial charge in [0.2, 0.25) is 0 Å². The number of fused-ring (bicyclic) bond motifs is 1. The summed E-state index contributed by atoms with van der Waals surface area (Å²) in [6.45, 7) is 2.25. The second kappa shape index (κ2) is 8.57. The number of hydrogen-bond donors (Lipinski definition) is 0. The molecule has 0 heterocycles. The van der Waals surface area contributed by atoms with Crippen LogP contribution < -0.4 is 0 Å². The maximum atomic E-state index is 11.8. The molecule has 0 atom stereocenters. The van der Waals surface area contributed by atoms with Crippen molar-refractivity contribution < 1.29 is 9.53 Å². The molecule has 2 nitrogen and oxygen atoms in total. The van der Waals surface area contributed by atoms with Crippen LogP contribution in [0, 0.1) is 0 Å². The van der Waals surface area contributed by atoms with E-state index in [4.69, 9.17) is 4.74 Å². The first-order valence-corrected chi connectivity index (χ1v) is 8.36. The van der Waals surface area contributed by atoms with E-state index in [0.29, 0.717) is 5.56 Å². The minimum absolute atomic E-state index is 0.269. The molecule has 2 heteroatoms. The number of carbonyl (C=O) groups is 1. The van der Waals surface area contributed by atoms with Gasteiger partial charge in [0.15, 0.2) is 0 Å². The minimum atomic E-state index is -0.269. The zero-order chi connectivity index (χ0) is 15.8. The fourth-order valence-electron chi connectivity index (χ4n) is 2.89. The van der Waals surface area contributed by atoms with Crippen molar-refractivity contribution in [3.8, 4) is 0 Å². The zero-order valence-electron chi connectivity index (χ0n) is 13.7. The monoisotopic (exact) mass is 298 g/mol. The Morgan fingerprint density at radius 1 is 1.00 bits per heavy atom. The van der Waals surface area contributed by atoms with E-state index < -0.39 is 0 Å². The van der Waals surface area contributed by atoms with Gasteiger partial charge >= 0.3 is 5.97 Å². The number of aryl methyl sites for hydroxylation is 1. The quantitative estimate of drug-likeness (QED) is 0.473. The average molecular weight is 298 g/mol. The second-order valence-electron chi connectivity index (χ2n) is 5.87. The van der Waals surface area contributed by atoms with Crippen molar-refractivity contribution in [2.24, 2.45) is 0 Å². The van der Waals surface area contributed by atoms with Gasteiger partial charge in [0.25, 0.3) is 0 Å². The molecular formula is C20H26O2. The third kappa shape index (κ3) is 4.33. The molecule has 0 aromatic heterocycles. The Hall–Kier alpha value is -1.83. The van der Waals surface area contributed by atoms with Crippen molar-refractivity contribution >= 4 is 16.7 Å². The summed E-state index contributed by atoms with van der Waals surface area (Å²) in [5.41, 5.74) is 2.00. The summed E-state index contributed by atoms with van der Waals surface area (Å²) in [5.74, 6) is -0.269. The van der Waals surface area contributed by atoms with Crippen LogP contribution in [0.2, 0.25) is 0 Å². The van der Waals surface area contributed by atoms with Crippen LogP contribution in [0.3, 0.4) is 0 Å². The van der Waals surface area contributed by atoms with Gasteiger partial charge in [-0.15, -0.1) is 0 Å². The molecule has 0 radical (unpaired) electrons. The summed E-state index contributed by atoms with van der Waals surface area (Å²) in [7, 11) is 1.42. The van der Waals surface area contributed by atoms with Crippen LogP contribution in [0.1, 0.15) is 61.4 Å². The predicted octanol–water partition coefficient (Wildman–Crippen LogP) is 5.53. The molecule has 22 heavy (non-hydrogen) atoms. The lowest BCUT2D eigenvalue weighted by molar-refractivity contribution is 0.0603. The Morgan fingerprint density at radius 3 is 2.55 bits per heavy atom. The lowest BCUT2D eigenvalue weighted by Crippen LogP contribution is -2.01. The maximum Gasteiger partial charge on any atom is 0.338 e. The van der Waals surface area contributed by atoms with Crippen LogP contribution in [-0.4, -0.2) is 13.1 Å². The topological polar surface area (TPSA) is 26.3 Å². The molecule has 0 saturated heterocycles. The van der Waals surface area contributed by atoms with E-state index in [0.717, 1.165) is 17.2 Å². The highest BCUT2D eigenvalue weighted by Crippen LogP contribution is 2.22. The number of hydrogen-bond acceptors (Lipinski definition) is 2. The molecule has 0 bridgehead atoms. The lowest BCUT2D eigenvalue weighted by Gasteiger charge is -2.07. The fourth-order valence-corrected chi connectivity index (χ4v) is 2.89. The normalized spacial score (nSPS) is 10.8. The van der Waals surface area contributed by atoms with Crippen LogP contribution in [0.15, 0.2) is 36.4 Å². The summed E-state index contributed by atoms with van der Waals surface area (Å²) < 4.78 is 4.85. The Morgan fingerprint density at radius 2 is 1.77 bits per heavy atom. The van der Waals surface area contributed by atoms with Gasteiger partial charge in [-0.2, -0.15) is 0 Å². The van der Waals surface area contributed by atoms with Crippen molar-refractivity contribution in [3.63, 3.8) is 0 Å². The van der Waals surface area contributed by atoms with Gasteiger partial charge in [0, 0.05) is 0 Å². The molecule has 2 aromatic rings. The highest BCUT2D eigenvalue weighted by molar-refractivity contribution is 6.04. The SMILES string of the molecule is CCCCCCCCc1ccc2c(C(=O)OC)cccc2c1. The second-order valence-corrected chi connectivity index (χ2v) is 5.87. The van der Waals surface area contributed by atoms with Crippen molar-refractivity contribution in [2.75, 3.05) is 7.11 Å². The molecule has 2 aromatic carbocycles. The van der Waals surface area contributed by atoms with E-state index in [1.54, 1.807) is 0 Å². The average Bonchev–Trinajstić information content (AvgIpc) is 2.56. The molecule has 0 spiro atoms. The number of ether oxygens (including phenoxy) is 1. The fraction of sp³-hybridized carbons (Fsp3) is 0.450. The summed E-state index contributed by atoms with van der Waals surface area (Å²) >= 11 is 0. The lowest BCUT2D eigenvalue weighted by atomic mass is 9.99. The van der Waals surface area contributed by atoms with Gasteiger partial charge in [-0.05, 0) is 35.2 Å². The molecule has 0 unspecified atom stereocenters. The summed E-state index contributed by atoms with van der Waals surface area (Å²) in [4.78, 5) is 11.8. The molecule has 0 amide bonds. The largest absolute Gasteiger partial charge is 0.465 e. The molecule has 0 N–H and O–H groups in total. The van der Waals surface area contributed by atoms with Crippen LogP contribution in [0.25, 0.3) is 10.8 Å². The Balaban J connectivity index is 2.00. The Labute approximate surface area is 133 Å². The first-order chi connectivity index (χ1) is 10.8. The minimum Gasteiger partial charge on any atom is -0.465 e. The first kappa shape index (κ1) is 16.5. The number of rotatable bonds is 8. The zero-order valence-corrected chi connectivity index (χ0v) is 13.7.